The molecule has 2 bridgehead atoms. The number of rotatable bonds is 4. The zero-order valence-corrected chi connectivity index (χ0v) is 10.8. The molecule has 98 valence electrons. The molecule has 0 radical (unpaired) electrons. The molecule has 0 spiro atoms. The van der Waals surface area contributed by atoms with Gasteiger partial charge >= 0.3 is 0 Å². The van der Waals surface area contributed by atoms with E-state index in [1.165, 1.54) is 31.7 Å². The fourth-order valence-electron chi connectivity index (χ4n) is 4.08. The zero-order valence-electron chi connectivity index (χ0n) is 10.8. The van der Waals surface area contributed by atoms with Crippen LogP contribution in [0.4, 0.5) is 4.39 Å². The molecule has 18 heavy (non-hydrogen) atoms. The molecule has 0 amide bonds. The van der Waals surface area contributed by atoms with Gasteiger partial charge in [-0.15, -0.1) is 0 Å². The maximum Gasteiger partial charge on any atom is 0.126 e. The van der Waals surface area contributed by atoms with Crippen LogP contribution in [0.25, 0.3) is 0 Å². The molecule has 1 aromatic carbocycles. The van der Waals surface area contributed by atoms with Crippen molar-refractivity contribution >= 4 is 0 Å². The molecule has 1 aromatic rings. The van der Waals surface area contributed by atoms with Crippen molar-refractivity contribution in [3.05, 3.63) is 35.6 Å². The molecule has 0 heterocycles. The van der Waals surface area contributed by atoms with Crippen molar-refractivity contribution in [2.75, 3.05) is 0 Å². The fourth-order valence-corrected chi connectivity index (χ4v) is 4.08. The molecule has 2 heteroatoms. The van der Waals surface area contributed by atoms with Crippen LogP contribution in [0.2, 0.25) is 0 Å². The van der Waals surface area contributed by atoms with Crippen LogP contribution in [0.3, 0.4) is 0 Å². The molecule has 2 saturated carbocycles. The van der Waals surface area contributed by atoms with Crippen molar-refractivity contribution in [2.45, 2.75) is 44.6 Å². The van der Waals surface area contributed by atoms with Crippen molar-refractivity contribution < 1.29 is 4.39 Å². The Morgan fingerprint density at radius 1 is 1.22 bits per heavy atom. The van der Waals surface area contributed by atoms with Gasteiger partial charge in [0.15, 0.2) is 0 Å². The van der Waals surface area contributed by atoms with Crippen LogP contribution in [0.15, 0.2) is 24.3 Å². The third-order valence-electron chi connectivity index (χ3n) is 4.93. The molecule has 0 aromatic heterocycles. The van der Waals surface area contributed by atoms with Gasteiger partial charge in [0.05, 0.1) is 0 Å². The molecule has 1 nitrogen and oxygen atoms in total. The van der Waals surface area contributed by atoms with Gasteiger partial charge < -0.3 is 5.73 Å². The number of benzene rings is 1. The third-order valence-corrected chi connectivity index (χ3v) is 4.93. The summed E-state index contributed by atoms with van der Waals surface area (Å²) in [6.07, 6.45) is 7.40. The summed E-state index contributed by atoms with van der Waals surface area (Å²) in [4.78, 5) is 0. The minimum absolute atomic E-state index is 0.110. The van der Waals surface area contributed by atoms with E-state index in [-0.39, 0.29) is 11.9 Å². The Balaban J connectivity index is 1.56. The van der Waals surface area contributed by atoms with E-state index in [4.69, 9.17) is 5.73 Å². The number of hydrogen-bond donors (Lipinski definition) is 1. The summed E-state index contributed by atoms with van der Waals surface area (Å²) < 4.78 is 13.6. The van der Waals surface area contributed by atoms with Gasteiger partial charge in [-0.3, -0.25) is 0 Å². The van der Waals surface area contributed by atoms with Gasteiger partial charge in [-0.1, -0.05) is 24.6 Å². The summed E-state index contributed by atoms with van der Waals surface area (Å²) in [6, 6.07) is 7.13. The molecule has 4 atom stereocenters. The summed E-state index contributed by atoms with van der Waals surface area (Å²) in [5.41, 5.74) is 6.99. The second-order valence-corrected chi connectivity index (χ2v) is 6.23. The number of fused-ring (bicyclic) bond motifs is 2. The van der Waals surface area contributed by atoms with Gasteiger partial charge in [0.25, 0.3) is 0 Å². The van der Waals surface area contributed by atoms with Crippen LogP contribution in [-0.4, -0.2) is 6.04 Å². The van der Waals surface area contributed by atoms with Gasteiger partial charge in [0.1, 0.15) is 5.82 Å². The molecule has 0 saturated heterocycles. The summed E-state index contributed by atoms with van der Waals surface area (Å²) in [5.74, 6) is 2.59. The zero-order chi connectivity index (χ0) is 12.5. The van der Waals surface area contributed by atoms with Crippen LogP contribution in [0.1, 0.15) is 37.7 Å². The highest BCUT2D eigenvalue weighted by atomic mass is 19.1. The molecule has 2 aliphatic rings. The Morgan fingerprint density at radius 2 is 2.06 bits per heavy atom. The van der Waals surface area contributed by atoms with Gasteiger partial charge in [0.2, 0.25) is 0 Å². The van der Waals surface area contributed by atoms with Crippen molar-refractivity contribution in [3.8, 4) is 0 Å². The average Bonchev–Trinajstić information content (AvgIpc) is 2.94. The first-order valence-corrected chi connectivity index (χ1v) is 7.21. The highest BCUT2D eigenvalue weighted by molar-refractivity contribution is 5.18. The SMILES string of the molecule is NC(Cc1ccccc1F)CC1CC2CCC1C2. The van der Waals surface area contributed by atoms with Crippen LogP contribution < -0.4 is 5.73 Å². The Hall–Kier alpha value is -0.890. The average molecular weight is 247 g/mol. The minimum atomic E-state index is -0.110. The van der Waals surface area contributed by atoms with Gasteiger partial charge in [0, 0.05) is 6.04 Å². The van der Waals surface area contributed by atoms with Crippen LogP contribution >= 0.6 is 0 Å². The lowest BCUT2D eigenvalue weighted by atomic mass is 9.83. The predicted octanol–water partition coefficient (Wildman–Crippen LogP) is 3.52. The first-order chi connectivity index (χ1) is 8.72. The lowest BCUT2D eigenvalue weighted by Crippen LogP contribution is -2.28. The highest BCUT2D eigenvalue weighted by Crippen LogP contribution is 2.49. The fraction of sp³-hybridized carbons (Fsp3) is 0.625. The first-order valence-electron chi connectivity index (χ1n) is 7.21. The standard InChI is InChI=1S/C16H22FN/c17-16-4-2-1-3-13(16)9-15(18)10-14-8-11-5-6-12(14)7-11/h1-4,11-12,14-15H,5-10,18H2. The second kappa shape index (κ2) is 5.00. The van der Waals surface area contributed by atoms with Crippen molar-refractivity contribution in [1.29, 1.82) is 0 Å². The van der Waals surface area contributed by atoms with E-state index < -0.39 is 0 Å². The first kappa shape index (κ1) is 12.2. The lowest BCUT2D eigenvalue weighted by molar-refractivity contribution is 0.293. The lowest BCUT2D eigenvalue weighted by Gasteiger charge is -2.24. The Morgan fingerprint density at radius 3 is 2.72 bits per heavy atom. The van der Waals surface area contributed by atoms with Gasteiger partial charge in [-0.05, 0) is 61.5 Å². The molecule has 2 N–H and O–H groups in total. The second-order valence-electron chi connectivity index (χ2n) is 6.23. The van der Waals surface area contributed by atoms with Gasteiger partial charge in [-0.25, -0.2) is 4.39 Å². The highest BCUT2D eigenvalue weighted by Gasteiger charge is 2.39. The smallest absolute Gasteiger partial charge is 0.126 e. The molecule has 2 aliphatic carbocycles. The quantitative estimate of drug-likeness (QED) is 0.865. The van der Waals surface area contributed by atoms with Crippen LogP contribution in [-0.2, 0) is 6.42 Å². The molecule has 3 rings (SSSR count). The number of hydrogen-bond acceptors (Lipinski definition) is 1. The Labute approximate surface area is 109 Å². The molecular weight excluding hydrogens is 225 g/mol. The van der Waals surface area contributed by atoms with E-state index in [1.54, 1.807) is 6.07 Å². The topological polar surface area (TPSA) is 26.0 Å². The Kier molecular flexibility index (Phi) is 3.38. The molecular formula is C16H22FN. The maximum absolute atomic E-state index is 13.6. The number of nitrogens with two attached hydrogens (primary N) is 1. The van der Waals surface area contributed by atoms with E-state index >= 15 is 0 Å². The molecule has 2 fully saturated rings. The van der Waals surface area contributed by atoms with E-state index in [0.717, 1.165) is 29.7 Å². The minimum Gasteiger partial charge on any atom is -0.327 e. The Bertz CT molecular complexity index is 417. The van der Waals surface area contributed by atoms with Crippen molar-refractivity contribution in [2.24, 2.45) is 23.5 Å². The summed E-state index contributed by atoms with van der Waals surface area (Å²) in [5, 5.41) is 0. The van der Waals surface area contributed by atoms with Crippen LogP contribution in [0.5, 0.6) is 0 Å². The summed E-state index contributed by atoms with van der Waals surface area (Å²) >= 11 is 0. The third kappa shape index (κ3) is 2.44. The maximum atomic E-state index is 13.6. The van der Waals surface area contributed by atoms with Crippen molar-refractivity contribution in [1.82, 2.24) is 0 Å². The van der Waals surface area contributed by atoms with Gasteiger partial charge in [-0.2, -0.15) is 0 Å². The molecule has 0 aliphatic heterocycles. The van der Waals surface area contributed by atoms with E-state index in [0.29, 0.717) is 6.42 Å². The van der Waals surface area contributed by atoms with E-state index in [1.807, 2.05) is 12.1 Å². The predicted molar refractivity (Wildman–Crippen MR) is 71.6 cm³/mol. The van der Waals surface area contributed by atoms with E-state index in [9.17, 15) is 4.39 Å². The summed E-state index contributed by atoms with van der Waals surface area (Å²) in [6.45, 7) is 0. The van der Waals surface area contributed by atoms with Crippen molar-refractivity contribution in [3.63, 3.8) is 0 Å². The van der Waals surface area contributed by atoms with E-state index in [2.05, 4.69) is 0 Å². The number of halogens is 1. The summed E-state index contributed by atoms with van der Waals surface area (Å²) in [7, 11) is 0. The molecule has 4 unspecified atom stereocenters. The largest absolute Gasteiger partial charge is 0.327 e. The van der Waals surface area contributed by atoms with Crippen LogP contribution in [0, 0.1) is 23.6 Å². The normalized spacial score (nSPS) is 31.8. The monoisotopic (exact) mass is 247 g/mol.